The molecule has 30 heavy (non-hydrogen) atoms. The third-order valence-electron chi connectivity index (χ3n) is 4.37. The highest BCUT2D eigenvalue weighted by molar-refractivity contribution is 7.99. The van der Waals surface area contributed by atoms with E-state index in [2.05, 4.69) is 10.2 Å². The molecule has 0 saturated heterocycles. The molecule has 0 radical (unpaired) electrons. The standard InChI is InChI=1S/C22H25N3O4S/c1-2-6-20-23-24-22(25(20)13-21(27)28)30-15-18(26)14-29-19-11-9-17(10-12-19)16-7-4-3-5-8-16/h3-5,7-12,18,26H,2,6,13-15H2,1H3,(H,27,28)/t18-/m1/s1. The van der Waals surface area contributed by atoms with Crippen molar-refractivity contribution in [3.63, 3.8) is 0 Å². The monoisotopic (exact) mass is 427 g/mol. The Morgan fingerprint density at radius 3 is 2.47 bits per heavy atom. The van der Waals surface area contributed by atoms with E-state index in [1.54, 1.807) is 4.57 Å². The summed E-state index contributed by atoms with van der Waals surface area (Å²) in [4.78, 5) is 11.1. The Labute approximate surface area is 179 Å². The smallest absolute Gasteiger partial charge is 0.323 e. The van der Waals surface area contributed by atoms with Crippen LogP contribution in [0.2, 0.25) is 0 Å². The van der Waals surface area contributed by atoms with Gasteiger partial charge in [0.2, 0.25) is 0 Å². The number of carboxylic acids is 1. The second kappa shape index (κ2) is 10.8. The number of benzene rings is 2. The molecule has 0 aliphatic carbocycles. The maximum atomic E-state index is 11.1. The molecule has 7 nitrogen and oxygen atoms in total. The number of ether oxygens (including phenoxy) is 1. The molecule has 0 spiro atoms. The van der Waals surface area contributed by atoms with Crippen LogP contribution in [0.3, 0.4) is 0 Å². The Balaban J connectivity index is 1.51. The number of aliphatic hydroxyl groups excluding tert-OH is 1. The first-order chi connectivity index (χ1) is 14.6. The normalized spacial score (nSPS) is 11.9. The number of hydrogen-bond acceptors (Lipinski definition) is 6. The van der Waals surface area contributed by atoms with Gasteiger partial charge in [0.05, 0.1) is 6.10 Å². The molecule has 3 rings (SSSR count). The lowest BCUT2D eigenvalue weighted by Gasteiger charge is -2.13. The fraction of sp³-hybridized carbons (Fsp3) is 0.318. The van der Waals surface area contributed by atoms with E-state index >= 15 is 0 Å². The van der Waals surface area contributed by atoms with Crippen molar-refractivity contribution in [3.8, 4) is 16.9 Å². The number of carboxylic acid groups (broad SMARTS) is 1. The number of rotatable bonds is 11. The van der Waals surface area contributed by atoms with Gasteiger partial charge in [0.25, 0.3) is 0 Å². The third kappa shape index (κ3) is 6.08. The van der Waals surface area contributed by atoms with Crippen LogP contribution in [0, 0.1) is 0 Å². The molecule has 0 amide bonds. The molecule has 2 N–H and O–H groups in total. The molecule has 2 aromatic carbocycles. The van der Waals surface area contributed by atoms with Gasteiger partial charge in [-0.3, -0.25) is 9.36 Å². The molecule has 8 heteroatoms. The van der Waals surface area contributed by atoms with E-state index < -0.39 is 12.1 Å². The molecule has 0 saturated carbocycles. The number of aliphatic hydroxyl groups is 1. The van der Waals surface area contributed by atoms with Crippen LogP contribution in [-0.4, -0.2) is 49.4 Å². The summed E-state index contributed by atoms with van der Waals surface area (Å²) in [6.07, 6.45) is 0.779. The van der Waals surface area contributed by atoms with Gasteiger partial charge >= 0.3 is 5.97 Å². The molecule has 158 valence electrons. The van der Waals surface area contributed by atoms with Gasteiger partial charge in [-0.15, -0.1) is 10.2 Å². The first-order valence-corrected chi connectivity index (χ1v) is 10.8. The second-order valence-electron chi connectivity index (χ2n) is 6.79. The maximum absolute atomic E-state index is 11.1. The fourth-order valence-corrected chi connectivity index (χ4v) is 3.78. The van der Waals surface area contributed by atoms with Crippen molar-refractivity contribution in [2.24, 2.45) is 0 Å². The first kappa shape index (κ1) is 21.9. The van der Waals surface area contributed by atoms with Gasteiger partial charge in [-0.25, -0.2) is 0 Å². The molecule has 1 atom stereocenters. The average Bonchev–Trinajstić information content (AvgIpc) is 3.12. The molecular weight excluding hydrogens is 402 g/mol. The van der Waals surface area contributed by atoms with Crippen molar-refractivity contribution in [1.29, 1.82) is 0 Å². The van der Waals surface area contributed by atoms with Crippen molar-refractivity contribution in [3.05, 3.63) is 60.4 Å². The minimum Gasteiger partial charge on any atom is -0.491 e. The first-order valence-electron chi connectivity index (χ1n) is 9.79. The number of aliphatic carboxylic acids is 1. The minimum absolute atomic E-state index is 0.132. The summed E-state index contributed by atoms with van der Waals surface area (Å²) in [5, 5.41) is 28.0. The quantitative estimate of drug-likeness (QED) is 0.452. The fourth-order valence-electron chi connectivity index (χ4n) is 2.91. The number of nitrogens with zero attached hydrogens (tertiary/aromatic N) is 3. The zero-order valence-corrected chi connectivity index (χ0v) is 17.6. The van der Waals surface area contributed by atoms with Crippen LogP contribution >= 0.6 is 11.8 Å². The summed E-state index contributed by atoms with van der Waals surface area (Å²) in [5.74, 6) is 0.702. The summed E-state index contributed by atoms with van der Waals surface area (Å²) >= 11 is 1.27. The summed E-state index contributed by atoms with van der Waals surface area (Å²) in [6.45, 7) is 1.94. The molecule has 0 fully saturated rings. The lowest BCUT2D eigenvalue weighted by Crippen LogP contribution is -2.21. The van der Waals surface area contributed by atoms with Crippen LogP contribution in [0.15, 0.2) is 59.8 Å². The predicted octanol–water partition coefficient (Wildman–Crippen LogP) is 3.51. The predicted molar refractivity (Wildman–Crippen MR) is 116 cm³/mol. The number of thioether (sulfide) groups is 1. The third-order valence-corrected chi connectivity index (χ3v) is 5.48. The van der Waals surface area contributed by atoms with Crippen molar-refractivity contribution in [2.45, 2.75) is 37.6 Å². The van der Waals surface area contributed by atoms with E-state index in [-0.39, 0.29) is 13.2 Å². The van der Waals surface area contributed by atoms with E-state index in [4.69, 9.17) is 9.84 Å². The highest BCUT2D eigenvalue weighted by Gasteiger charge is 2.16. The van der Waals surface area contributed by atoms with Crippen LogP contribution in [0.4, 0.5) is 0 Å². The summed E-state index contributed by atoms with van der Waals surface area (Å²) < 4.78 is 7.28. The molecule has 0 bridgehead atoms. The van der Waals surface area contributed by atoms with Crippen molar-refractivity contribution in [1.82, 2.24) is 14.8 Å². The molecule has 0 aliphatic rings. The van der Waals surface area contributed by atoms with Crippen LogP contribution in [0.25, 0.3) is 11.1 Å². The zero-order valence-electron chi connectivity index (χ0n) is 16.8. The number of carbonyl (C=O) groups is 1. The van der Waals surface area contributed by atoms with Gasteiger partial charge < -0.3 is 14.9 Å². The van der Waals surface area contributed by atoms with Crippen LogP contribution in [0.5, 0.6) is 5.75 Å². The van der Waals surface area contributed by atoms with E-state index in [0.717, 1.165) is 17.5 Å². The average molecular weight is 428 g/mol. The molecular formula is C22H25N3O4S. The summed E-state index contributed by atoms with van der Waals surface area (Å²) in [7, 11) is 0. The SMILES string of the molecule is CCCc1nnc(SC[C@H](O)COc2ccc(-c3ccccc3)cc2)n1CC(=O)O. The molecule has 1 aromatic heterocycles. The van der Waals surface area contributed by atoms with Gasteiger partial charge in [-0.2, -0.15) is 0 Å². The van der Waals surface area contributed by atoms with Gasteiger partial charge in [0.15, 0.2) is 5.16 Å². The van der Waals surface area contributed by atoms with E-state index in [1.807, 2.05) is 61.5 Å². The Bertz CT molecular complexity index is 945. The van der Waals surface area contributed by atoms with Crippen LogP contribution < -0.4 is 4.74 Å². The van der Waals surface area contributed by atoms with E-state index in [0.29, 0.717) is 28.9 Å². The Kier molecular flexibility index (Phi) is 7.87. The highest BCUT2D eigenvalue weighted by Crippen LogP contribution is 2.23. The number of hydrogen-bond donors (Lipinski definition) is 2. The second-order valence-corrected chi connectivity index (χ2v) is 7.78. The number of aromatic nitrogens is 3. The Morgan fingerprint density at radius 2 is 1.80 bits per heavy atom. The molecule has 0 unspecified atom stereocenters. The lowest BCUT2D eigenvalue weighted by molar-refractivity contribution is -0.137. The molecule has 1 heterocycles. The van der Waals surface area contributed by atoms with Crippen molar-refractivity contribution >= 4 is 17.7 Å². The Morgan fingerprint density at radius 1 is 1.10 bits per heavy atom. The van der Waals surface area contributed by atoms with Crippen molar-refractivity contribution in [2.75, 3.05) is 12.4 Å². The largest absolute Gasteiger partial charge is 0.491 e. The van der Waals surface area contributed by atoms with E-state index in [1.165, 1.54) is 11.8 Å². The molecule has 3 aromatic rings. The van der Waals surface area contributed by atoms with Crippen LogP contribution in [0.1, 0.15) is 19.2 Å². The maximum Gasteiger partial charge on any atom is 0.323 e. The van der Waals surface area contributed by atoms with Crippen LogP contribution in [-0.2, 0) is 17.8 Å². The number of aryl methyl sites for hydroxylation is 1. The van der Waals surface area contributed by atoms with Crippen molar-refractivity contribution < 1.29 is 19.7 Å². The Hall–Kier alpha value is -2.84. The summed E-state index contributed by atoms with van der Waals surface area (Å²) in [6, 6.07) is 17.8. The van der Waals surface area contributed by atoms with Gasteiger partial charge in [0.1, 0.15) is 24.7 Å². The van der Waals surface area contributed by atoms with E-state index in [9.17, 15) is 9.90 Å². The minimum atomic E-state index is -0.947. The zero-order chi connectivity index (χ0) is 21.3. The lowest BCUT2D eigenvalue weighted by atomic mass is 10.1. The van der Waals surface area contributed by atoms with Gasteiger partial charge in [-0.05, 0) is 29.7 Å². The molecule has 0 aliphatic heterocycles. The highest BCUT2D eigenvalue weighted by atomic mass is 32.2. The summed E-state index contributed by atoms with van der Waals surface area (Å²) in [5.41, 5.74) is 2.23. The van der Waals surface area contributed by atoms with Gasteiger partial charge in [0, 0.05) is 12.2 Å². The topological polar surface area (TPSA) is 97.5 Å². The van der Waals surface area contributed by atoms with Gasteiger partial charge in [-0.1, -0.05) is 61.2 Å².